The van der Waals surface area contributed by atoms with E-state index < -0.39 is 64.2 Å². The van der Waals surface area contributed by atoms with Crippen molar-refractivity contribution in [3.05, 3.63) is 119 Å². The number of β-amino-alcohol motifs (C(OH)–C–C–N with tert-alkyl or cyclic N) is 1. The van der Waals surface area contributed by atoms with Gasteiger partial charge in [0.15, 0.2) is 5.11 Å². The molecular formula is C53H56F3N7O7S2. The first-order chi connectivity index (χ1) is 34.1. The van der Waals surface area contributed by atoms with Crippen molar-refractivity contribution in [3.63, 3.8) is 0 Å². The molecular weight excluding hydrogens is 968 g/mol. The molecule has 1 aromatic heterocycles. The van der Waals surface area contributed by atoms with Gasteiger partial charge in [0, 0.05) is 31.8 Å². The number of aliphatic hydroxyl groups excluding tert-OH is 1. The van der Waals surface area contributed by atoms with Crippen molar-refractivity contribution < 1.29 is 46.9 Å². The third-order valence-electron chi connectivity index (χ3n) is 12.6. The van der Waals surface area contributed by atoms with E-state index in [4.69, 9.17) is 21.7 Å². The lowest BCUT2D eigenvalue weighted by Crippen LogP contribution is -2.58. The van der Waals surface area contributed by atoms with Gasteiger partial charge in [0.2, 0.25) is 17.7 Å². The van der Waals surface area contributed by atoms with E-state index in [2.05, 4.69) is 15.6 Å². The van der Waals surface area contributed by atoms with Gasteiger partial charge in [0.25, 0.3) is 5.91 Å². The van der Waals surface area contributed by atoms with Crippen LogP contribution in [0.2, 0.25) is 0 Å². The summed E-state index contributed by atoms with van der Waals surface area (Å²) >= 11 is 7.23. The van der Waals surface area contributed by atoms with E-state index in [1.165, 1.54) is 11.0 Å². The van der Waals surface area contributed by atoms with Gasteiger partial charge in [-0.05, 0) is 116 Å². The zero-order valence-corrected chi connectivity index (χ0v) is 42.3. The van der Waals surface area contributed by atoms with Crippen molar-refractivity contribution in [1.29, 1.82) is 5.26 Å². The molecule has 14 nitrogen and oxygen atoms in total. The van der Waals surface area contributed by atoms with Crippen LogP contribution in [-0.4, -0.2) is 93.8 Å². The summed E-state index contributed by atoms with van der Waals surface area (Å²) in [6.07, 6.45) is -4.39. The highest BCUT2D eigenvalue weighted by Crippen LogP contribution is 2.40. The Kier molecular flexibility index (Phi) is 16.2. The summed E-state index contributed by atoms with van der Waals surface area (Å²) in [6, 6.07) is 25.3. The summed E-state index contributed by atoms with van der Waals surface area (Å²) in [5.74, 6) is -1.20. The van der Waals surface area contributed by atoms with E-state index in [0.29, 0.717) is 30.9 Å². The fraction of sp³-hybridized carbons (Fsp3) is 0.377. The molecule has 0 aliphatic carbocycles. The van der Waals surface area contributed by atoms with Gasteiger partial charge in [-0.15, -0.1) is 11.3 Å². The van der Waals surface area contributed by atoms with Crippen molar-refractivity contribution in [2.75, 3.05) is 36.2 Å². The molecule has 4 aromatic carbocycles. The average Bonchev–Trinajstić information content (AvgIpc) is 4.01. The first-order valence-corrected chi connectivity index (χ1v) is 24.6. The molecule has 72 heavy (non-hydrogen) atoms. The molecule has 3 atom stereocenters. The number of thiocarbonyl (C=S) groups is 1. The van der Waals surface area contributed by atoms with Crippen LogP contribution in [0.1, 0.15) is 76.3 Å². The van der Waals surface area contributed by atoms with Gasteiger partial charge < -0.3 is 35.0 Å². The molecule has 378 valence electrons. The number of hydrogen-bond donors (Lipinski definition) is 3. The number of rotatable bonds is 17. The van der Waals surface area contributed by atoms with E-state index in [0.717, 1.165) is 49.9 Å². The Morgan fingerprint density at radius 3 is 2.18 bits per heavy atom. The minimum absolute atomic E-state index is 0.00296. The molecule has 0 spiro atoms. The number of aryl methyl sites for hydroxylation is 1. The molecule has 4 amide bonds. The van der Waals surface area contributed by atoms with Gasteiger partial charge in [-0.25, -0.2) is 4.98 Å². The number of thiazole rings is 1. The lowest BCUT2D eigenvalue weighted by Gasteiger charge is -2.35. The van der Waals surface area contributed by atoms with Crippen LogP contribution in [0.15, 0.2) is 96.5 Å². The minimum Gasteiger partial charge on any atom is -0.494 e. The minimum atomic E-state index is -4.81. The van der Waals surface area contributed by atoms with Crippen LogP contribution in [0.3, 0.4) is 0 Å². The highest BCUT2D eigenvalue weighted by Gasteiger charge is 2.51. The Labute approximate surface area is 425 Å². The first kappa shape index (κ1) is 53.1. The fourth-order valence-corrected chi connectivity index (χ4v) is 9.98. The van der Waals surface area contributed by atoms with Gasteiger partial charge >= 0.3 is 6.18 Å². The van der Waals surface area contributed by atoms with E-state index in [-0.39, 0.29) is 49.4 Å². The number of carbonyl (C=O) groups excluding carboxylic acids is 4. The Hall–Kier alpha value is -6.72. The summed E-state index contributed by atoms with van der Waals surface area (Å²) in [4.78, 5) is 63.6. The molecule has 2 fully saturated rings. The highest BCUT2D eigenvalue weighted by molar-refractivity contribution is 7.81. The number of carbonyl (C=O) groups is 4. The Morgan fingerprint density at radius 2 is 1.57 bits per heavy atom. The SMILES string of the molecule is Cc1ncsc1-c1ccc(CNC(=O)[C@@H]2C[C@@H](O)CN2C(=O)[C@@H](NC(=O)COCCCCOc2ccc(-c3ccc(N4C(=S)N(c5ccc(C#N)c(C(F)(F)F)c5)C(=O)C4(C)C)cc3)cc2)C(C)(C)C)cc1. The first-order valence-electron chi connectivity index (χ1n) is 23.3. The molecule has 2 saturated heterocycles. The topological polar surface area (TPSA) is 177 Å². The monoisotopic (exact) mass is 1020 g/mol. The molecule has 5 aromatic rings. The number of nitriles is 1. The molecule has 3 heterocycles. The van der Waals surface area contributed by atoms with E-state index >= 15 is 0 Å². The molecule has 2 aliphatic rings. The van der Waals surface area contributed by atoms with Crippen LogP contribution in [0, 0.1) is 23.7 Å². The number of hydrogen-bond acceptors (Lipinski definition) is 11. The number of halogens is 3. The molecule has 0 bridgehead atoms. The Bertz CT molecular complexity index is 2840. The summed E-state index contributed by atoms with van der Waals surface area (Å²) in [5, 5.41) is 25.5. The summed E-state index contributed by atoms with van der Waals surface area (Å²) < 4.78 is 52.9. The third-order valence-corrected chi connectivity index (χ3v) is 13.9. The highest BCUT2D eigenvalue weighted by atomic mass is 32.1. The molecule has 7 rings (SSSR count). The van der Waals surface area contributed by atoms with Crippen LogP contribution in [-0.2, 0) is 36.6 Å². The second kappa shape index (κ2) is 22.0. The maximum Gasteiger partial charge on any atom is 0.417 e. The number of nitrogens with zero attached hydrogens (tertiary/aromatic N) is 5. The van der Waals surface area contributed by atoms with Crippen molar-refractivity contribution in [1.82, 2.24) is 20.5 Å². The average molecular weight is 1020 g/mol. The van der Waals surface area contributed by atoms with Crippen LogP contribution in [0.4, 0.5) is 24.5 Å². The third kappa shape index (κ3) is 12.0. The maximum absolute atomic E-state index is 14.0. The van der Waals surface area contributed by atoms with Crippen molar-refractivity contribution in [3.8, 4) is 33.4 Å². The normalized spacial score (nSPS) is 17.2. The maximum atomic E-state index is 14.0. The molecule has 2 aliphatic heterocycles. The van der Waals surface area contributed by atoms with E-state index in [1.807, 2.05) is 88.4 Å². The number of ether oxygens (including phenoxy) is 2. The number of amides is 4. The standard InChI is InChI=1S/C53H56F3N7O7S2/c1-32-45(72-31-59-32)36-11-9-33(10-12-36)28-58-47(66)43-26-40(64)29-61(43)48(67)46(51(2,3)4)60-44(65)30-69-23-7-8-24-70-41-21-16-35(17-22-41)34-13-18-38(19-14-34)63-50(71)62(49(68)52(63,5)6)39-20-15-37(27-57)42(25-39)53(54,55)56/h9-22,25,31,40,43,46,64H,7-8,23-24,26,28-30H2,1-6H3,(H,58,66)(H,60,65)/t40-,43+,46-/m1/s1. The fourth-order valence-electron chi connectivity index (χ4n) is 8.65. The number of unbranched alkanes of at least 4 members (excludes halogenated alkanes) is 1. The van der Waals surface area contributed by atoms with Gasteiger partial charge in [-0.2, -0.15) is 18.4 Å². The van der Waals surface area contributed by atoms with Crippen LogP contribution in [0.25, 0.3) is 21.6 Å². The van der Waals surface area contributed by atoms with Gasteiger partial charge in [0.1, 0.15) is 30.0 Å². The zero-order chi connectivity index (χ0) is 52.1. The summed E-state index contributed by atoms with van der Waals surface area (Å²) in [5.41, 5.74) is 3.23. The van der Waals surface area contributed by atoms with Crippen molar-refractivity contribution in [2.24, 2.45) is 5.41 Å². The number of aromatic nitrogens is 1. The molecule has 3 N–H and O–H groups in total. The van der Waals surface area contributed by atoms with Gasteiger partial charge in [-0.3, -0.25) is 24.1 Å². The number of anilines is 2. The summed E-state index contributed by atoms with van der Waals surface area (Å²) in [7, 11) is 0. The Morgan fingerprint density at radius 1 is 0.944 bits per heavy atom. The van der Waals surface area contributed by atoms with Crippen LogP contribution < -0.4 is 25.2 Å². The van der Waals surface area contributed by atoms with E-state index in [9.17, 15) is 42.7 Å². The van der Waals surface area contributed by atoms with Crippen molar-refractivity contribution >= 4 is 63.7 Å². The Balaban J connectivity index is 0.841. The second-order valence-corrected chi connectivity index (χ2v) is 20.5. The summed E-state index contributed by atoms with van der Waals surface area (Å²) in [6.45, 7) is 11.3. The molecule has 19 heteroatoms. The van der Waals surface area contributed by atoms with E-state index in [1.54, 1.807) is 53.8 Å². The predicted molar refractivity (Wildman–Crippen MR) is 272 cm³/mol. The number of alkyl halides is 3. The van der Waals surface area contributed by atoms with Gasteiger partial charge in [-0.1, -0.05) is 69.3 Å². The lowest BCUT2D eigenvalue weighted by atomic mass is 9.85. The van der Waals surface area contributed by atoms with Crippen LogP contribution >= 0.6 is 23.6 Å². The lowest BCUT2D eigenvalue weighted by molar-refractivity contribution is -0.144. The van der Waals surface area contributed by atoms with Crippen molar-refractivity contribution in [2.45, 2.75) is 97.3 Å². The molecule has 0 saturated carbocycles. The number of aliphatic hydroxyl groups is 1. The number of nitrogens with one attached hydrogen (secondary N) is 2. The number of benzene rings is 4. The predicted octanol–water partition coefficient (Wildman–Crippen LogP) is 8.58. The second-order valence-electron chi connectivity index (χ2n) is 19.3. The smallest absolute Gasteiger partial charge is 0.417 e. The van der Waals surface area contributed by atoms with Crippen LogP contribution in [0.5, 0.6) is 5.75 Å². The quantitative estimate of drug-likeness (QED) is 0.0601. The zero-order valence-electron chi connectivity index (χ0n) is 40.7. The number of likely N-dealkylation sites (tertiary alicyclic amines) is 1. The molecule has 0 unspecified atom stereocenters. The largest absolute Gasteiger partial charge is 0.494 e. The molecule has 0 radical (unpaired) electrons. The van der Waals surface area contributed by atoms with Gasteiger partial charge in [0.05, 0.1) is 51.7 Å².